The smallest absolute Gasteiger partial charge is 0.0524 e. The summed E-state index contributed by atoms with van der Waals surface area (Å²) in [5, 5.41) is 3.53. The van der Waals surface area contributed by atoms with Crippen LogP contribution in [0.5, 0.6) is 0 Å². The molecule has 0 amide bonds. The quantitative estimate of drug-likeness (QED) is 0.745. The molecule has 2 heteroatoms. The Labute approximate surface area is 87.4 Å². The van der Waals surface area contributed by atoms with Crippen molar-refractivity contribution >= 4 is 0 Å². The van der Waals surface area contributed by atoms with Gasteiger partial charge in [-0.1, -0.05) is 13.3 Å². The maximum absolute atomic E-state index is 5.49. The fourth-order valence-corrected chi connectivity index (χ4v) is 3.33. The molecular weight excluding hydrogens is 174 g/mol. The Kier molecular flexibility index (Phi) is 3.13. The summed E-state index contributed by atoms with van der Waals surface area (Å²) in [6.07, 6.45) is 5.51. The number of piperidine rings is 1. The third kappa shape index (κ3) is 1.70. The van der Waals surface area contributed by atoms with E-state index in [1.165, 1.54) is 38.8 Å². The van der Waals surface area contributed by atoms with Gasteiger partial charge < -0.3 is 10.1 Å². The van der Waals surface area contributed by atoms with Crippen molar-refractivity contribution in [2.45, 2.75) is 32.6 Å². The van der Waals surface area contributed by atoms with Gasteiger partial charge in [0.15, 0.2) is 0 Å². The molecule has 1 saturated carbocycles. The number of methoxy groups -OCH3 is 1. The maximum Gasteiger partial charge on any atom is 0.0524 e. The summed E-state index contributed by atoms with van der Waals surface area (Å²) in [7, 11) is 1.86. The van der Waals surface area contributed by atoms with Gasteiger partial charge in [0.25, 0.3) is 0 Å². The fraction of sp³-hybridized carbons (Fsp3) is 1.00. The molecule has 0 radical (unpaired) electrons. The van der Waals surface area contributed by atoms with Crippen LogP contribution in [-0.4, -0.2) is 26.8 Å². The summed E-state index contributed by atoms with van der Waals surface area (Å²) in [6.45, 7) is 5.70. The van der Waals surface area contributed by atoms with E-state index in [0.717, 1.165) is 18.4 Å². The lowest BCUT2D eigenvalue weighted by atomic mass is 9.66. The van der Waals surface area contributed by atoms with E-state index >= 15 is 0 Å². The SMILES string of the molecule is CCC1CNCCC1(COC)C1CC1. The molecule has 1 N–H and O–H groups in total. The molecule has 14 heavy (non-hydrogen) atoms. The summed E-state index contributed by atoms with van der Waals surface area (Å²) in [4.78, 5) is 0. The van der Waals surface area contributed by atoms with Crippen LogP contribution in [0.3, 0.4) is 0 Å². The second-order valence-electron chi connectivity index (χ2n) is 5.00. The van der Waals surface area contributed by atoms with Gasteiger partial charge in [0, 0.05) is 12.5 Å². The first-order chi connectivity index (χ1) is 6.83. The molecule has 2 aliphatic rings. The number of nitrogens with one attached hydrogen (secondary N) is 1. The molecule has 2 rings (SSSR count). The lowest BCUT2D eigenvalue weighted by molar-refractivity contribution is -0.0112. The molecule has 0 aromatic heterocycles. The van der Waals surface area contributed by atoms with E-state index in [0.29, 0.717) is 5.41 Å². The number of hydrogen-bond acceptors (Lipinski definition) is 2. The lowest BCUT2D eigenvalue weighted by Crippen LogP contribution is -2.48. The summed E-state index contributed by atoms with van der Waals surface area (Å²) in [5.41, 5.74) is 0.523. The third-order valence-electron chi connectivity index (χ3n) is 4.27. The molecular formula is C12H23NO. The van der Waals surface area contributed by atoms with Gasteiger partial charge in [-0.05, 0) is 44.2 Å². The molecule has 1 aliphatic heterocycles. The van der Waals surface area contributed by atoms with Crippen LogP contribution in [0.25, 0.3) is 0 Å². The van der Waals surface area contributed by atoms with Gasteiger partial charge in [0.05, 0.1) is 6.61 Å². The molecule has 2 nitrogen and oxygen atoms in total. The van der Waals surface area contributed by atoms with Crippen LogP contribution in [-0.2, 0) is 4.74 Å². The van der Waals surface area contributed by atoms with Crippen LogP contribution in [0.15, 0.2) is 0 Å². The highest BCUT2D eigenvalue weighted by atomic mass is 16.5. The Hall–Kier alpha value is -0.0800. The van der Waals surface area contributed by atoms with Crippen molar-refractivity contribution < 1.29 is 4.74 Å². The highest BCUT2D eigenvalue weighted by Gasteiger charge is 2.50. The van der Waals surface area contributed by atoms with Gasteiger partial charge >= 0.3 is 0 Å². The Morgan fingerprint density at radius 3 is 2.79 bits per heavy atom. The molecule has 1 saturated heterocycles. The molecule has 0 aromatic rings. The second-order valence-corrected chi connectivity index (χ2v) is 5.00. The molecule has 82 valence electrons. The lowest BCUT2D eigenvalue weighted by Gasteiger charge is -2.44. The maximum atomic E-state index is 5.49. The summed E-state index contributed by atoms with van der Waals surface area (Å²) in [6, 6.07) is 0. The van der Waals surface area contributed by atoms with E-state index < -0.39 is 0 Å². The Bertz CT molecular complexity index is 187. The zero-order valence-electron chi connectivity index (χ0n) is 9.51. The molecule has 0 aromatic carbocycles. The van der Waals surface area contributed by atoms with Crippen molar-refractivity contribution in [1.82, 2.24) is 5.32 Å². The third-order valence-corrected chi connectivity index (χ3v) is 4.27. The number of hydrogen-bond donors (Lipinski definition) is 1. The molecule has 2 fully saturated rings. The topological polar surface area (TPSA) is 21.3 Å². The first kappa shape index (κ1) is 10.4. The Morgan fingerprint density at radius 2 is 2.21 bits per heavy atom. The van der Waals surface area contributed by atoms with E-state index in [-0.39, 0.29) is 0 Å². The molecule has 0 bridgehead atoms. The van der Waals surface area contributed by atoms with Crippen molar-refractivity contribution in [1.29, 1.82) is 0 Å². The van der Waals surface area contributed by atoms with E-state index in [1.807, 2.05) is 7.11 Å². The largest absolute Gasteiger partial charge is 0.384 e. The van der Waals surface area contributed by atoms with Crippen molar-refractivity contribution in [3.8, 4) is 0 Å². The highest BCUT2D eigenvalue weighted by molar-refractivity contribution is 5.00. The van der Waals surface area contributed by atoms with Crippen molar-refractivity contribution in [3.05, 3.63) is 0 Å². The first-order valence-corrected chi connectivity index (χ1v) is 6.03. The van der Waals surface area contributed by atoms with E-state index in [9.17, 15) is 0 Å². The molecule has 2 atom stereocenters. The summed E-state index contributed by atoms with van der Waals surface area (Å²) >= 11 is 0. The average Bonchev–Trinajstić information content (AvgIpc) is 3.02. The van der Waals surface area contributed by atoms with Crippen LogP contribution < -0.4 is 5.32 Å². The van der Waals surface area contributed by atoms with E-state index in [2.05, 4.69) is 12.2 Å². The predicted molar refractivity (Wildman–Crippen MR) is 58.3 cm³/mol. The van der Waals surface area contributed by atoms with Crippen LogP contribution in [0.2, 0.25) is 0 Å². The Morgan fingerprint density at radius 1 is 1.43 bits per heavy atom. The average molecular weight is 197 g/mol. The summed E-state index contributed by atoms with van der Waals surface area (Å²) < 4.78 is 5.49. The standard InChI is InChI=1S/C12H23NO/c1-3-10-8-13-7-6-12(10,9-14-2)11-4-5-11/h10-11,13H,3-9H2,1-2H3. The second kappa shape index (κ2) is 4.19. The fourth-order valence-electron chi connectivity index (χ4n) is 3.33. The van der Waals surface area contributed by atoms with Crippen LogP contribution in [0, 0.1) is 17.3 Å². The monoisotopic (exact) mass is 197 g/mol. The molecule has 0 spiro atoms. The molecule has 2 unspecified atom stereocenters. The van der Waals surface area contributed by atoms with Crippen LogP contribution in [0.4, 0.5) is 0 Å². The van der Waals surface area contributed by atoms with Gasteiger partial charge in [-0.25, -0.2) is 0 Å². The van der Waals surface area contributed by atoms with Gasteiger partial charge in [-0.2, -0.15) is 0 Å². The minimum absolute atomic E-state index is 0.523. The molecule has 1 aliphatic carbocycles. The van der Waals surface area contributed by atoms with E-state index in [4.69, 9.17) is 4.74 Å². The minimum Gasteiger partial charge on any atom is -0.384 e. The van der Waals surface area contributed by atoms with Crippen molar-refractivity contribution in [2.24, 2.45) is 17.3 Å². The van der Waals surface area contributed by atoms with E-state index in [1.54, 1.807) is 0 Å². The normalized spacial score (nSPS) is 38.6. The van der Waals surface area contributed by atoms with Crippen molar-refractivity contribution in [3.63, 3.8) is 0 Å². The Balaban J connectivity index is 2.11. The van der Waals surface area contributed by atoms with Gasteiger partial charge in [-0.15, -0.1) is 0 Å². The highest BCUT2D eigenvalue weighted by Crippen LogP contribution is 2.54. The number of ether oxygens (including phenoxy) is 1. The zero-order chi connectivity index (χ0) is 10.0. The van der Waals surface area contributed by atoms with Crippen LogP contribution >= 0.6 is 0 Å². The zero-order valence-corrected chi connectivity index (χ0v) is 9.51. The van der Waals surface area contributed by atoms with Gasteiger partial charge in [0.2, 0.25) is 0 Å². The first-order valence-electron chi connectivity index (χ1n) is 6.03. The minimum atomic E-state index is 0.523. The van der Waals surface area contributed by atoms with Crippen molar-refractivity contribution in [2.75, 3.05) is 26.8 Å². The molecule has 1 heterocycles. The summed E-state index contributed by atoms with van der Waals surface area (Å²) in [5.74, 6) is 1.80. The van der Waals surface area contributed by atoms with Crippen LogP contribution in [0.1, 0.15) is 32.6 Å². The van der Waals surface area contributed by atoms with Gasteiger partial charge in [-0.3, -0.25) is 0 Å². The van der Waals surface area contributed by atoms with Gasteiger partial charge in [0.1, 0.15) is 0 Å². The predicted octanol–water partition coefficient (Wildman–Crippen LogP) is 2.05. The number of rotatable bonds is 4.